The Kier molecular flexibility index (Phi) is 3.02. The van der Waals surface area contributed by atoms with Crippen molar-refractivity contribution in [2.75, 3.05) is 5.32 Å². The van der Waals surface area contributed by atoms with E-state index >= 15 is 0 Å². The van der Waals surface area contributed by atoms with Crippen LogP contribution in [0.5, 0.6) is 0 Å². The number of hydrogen-bond donors (Lipinski definition) is 1. The molecule has 3 rings (SSSR count). The first-order valence-corrected chi connectivity index (χ1v) is 7.04. The van der Waals surface area contributed by atoms with E-state index in [1.54, 1.807) is 0 Å². The van der Waals surface area contributed by atoms with E-state index in [0.717, 1.165) is 17.1 Å². The summed E-state index contributed by atoms with van der Waals surface area (Å²) >= 11 is 6.06. The van der Waals surface area contributed by atoms with E-state index in [4.69, 9.17) is 11.6 Å². The van der Waals surface area contributed by atoms with E-state index in [-0.39, 0.29) is 5.41 Å². The van der Waals surface area contributed by atoms with Gasteiger partial charge in [0.15, 0.2) is 0 Å². The molecule has 2 heteroatoms. The highest BCUT2D eigenvalue weighted by atomic mass is 35.5. The van der Waals surface area contributed by atoms with Gasteiger partial charge < -0.3 is 5.32 Å². The molecular weight excluding hydrogens is 254 g/mol. The summed E-state index contributed by atoms with van der Waals surface area (Å²) in [7, 11) is 0. The van der Waals surface area contributed by atoms with Crippen molar-refractivity contribution in [2.24, 2.45) is 5.41 Å². The zero-order chi connectivity index (χ0) is 13.5. The molecular formula is C17H18ClN. The van der Waals surface area contributed by atoms with Crippen molar-refractivity contribution < 1.29 is 0 Å². The maximum Gasteiger partial charge on any atom is 0.0570 e. The van der Waals surface area contributed by atoms with Crippen molar-refractivity contribution in [1.82, 2.24) is 0 Å². The van der Waals surface area contributed by atoms with Crippen LogP contribution in [0, 0.1) is 5.41 Å². The first-order valence-electron chi connectivity index (χ1n) is 6.66. The summed E-state index contributed by atoms with van der Waals surface area (Å²) in [5.41, 5.74) is 4.16. The number of halogens is 1. The average Bonchev–Trinajstić information content (AvgIpc) is 2.61. The molecule has 0 aromatic heterocycles. The Bertz CT molecular complexity index is 604. The minimum absolute atomic E-state index is 0.214. The highest BCUT2D eigenvalue weighted by molar-refractivity contribution is 6.30. The molecule has 1 atom stereocenters. The summed E-state index contributed by atoms with van der Waals surface area (Å²) < 4.78 is 0. The van der Waals surface area contributed by atoms with Crippen molar-refractivity contribution in [2.45, 2.75) is 26.3 Å². The van der Waals surface area contributed by atoms with Crippen LogP contribution < -0.4 is 5.32 Å². The number of anilines is 1. The van der Waals surface area contributed by atoms with Gasteiger partial charge in [-0.2, -0.15) is 0 Å². The Morgan fingerprint density at radius 2 is 1.89 bits per heavy atom. The summed E-state index contributed by atoms with van der Waals surface area (Å²) in [6.07, 6.45) is 1.11. The predicted molar refractivity (Wildman–Crippen MR) is 81.7 cm³/mol. The Morgan fingerprint density at radius 1 is 1.11 bits per heavy atom. The fourth-order valence-electron chi connectivity index (χ4n) is 3.01. The molecule has 98 valence electrons. The number of rotatable bonds is 2. The van der Waals surface area contributed by atoms with E-state index in [1.165, 1.54) is 11.1 Å². The minimum atomic E-state index is 0.214. The third kappa shape index (κ3) is 2.35. The molecule has 0 aliphatic heterocycles. The minimum Gasteiger partial charge on any atom is -0.378 e. The summed E-state index contributed by atoms with van der Waals surface area (Å²) in [5, 5.41) is 4.42. The topological polar surface area (TPSA) is 12.0 Å². The first kappa shape index (κ1) is 12.6. The van der Waals surface area contributed by atoms with Crippen molar-refractivity contribution >= 4 is 17.3 Å². The van der Waals surface area contributed by atoms with Gasteiger partial charge in [-0.25, -0.2) is 0 Å². The Morgan fingerprint density at radius 3 is 2.68 bits per heavy atom. The van der Waals surface area contributed by atoms with Crippen LogP contribution >= 0.6 is 11.6 Å². The lowest BCUT2D eigenvalue weighted by molar-refractivity contribution is 0.337. The van der Waals surface area contributed by atoms with E-state index in [9.17, 15) is 0 Å². The van der Waals surface area contributed by atoms with Crippen molar-refractivity contribution in [3.05, 3.63) is 64.7 Å². The molecule has 0 bridgehead atoms. The second-order valence-corrected chi connectivity index (χ2v) is 6.39. The lowest BCUT2D eigenvalue weighted by Crippen LogP contribution is -2.24. The molecule has 19 heavy (non-hydrogen) atoms. The largest absolute Gasteiger partial charge is 0.378 e. The molecule has 1 unspecified atom stereocenters. The van der Waals surface area contributed by atoms with E-state index < -0.39 is 0 Å². The van der Waals surface area contributed by atoms with Gasteiger partial charge in [-0.1, -0.05) is 55.8 Å². The summed E-state index contributed by atoms with van der Waals surface area (Å²) in [6.45, 7) is 4.63. The molecule has 0 spiro atoms. The van der Waals surface area contributed by atoms with Crippen molar-refractivity contribution in [1.29, 1.82) is 0 Å². The normalized spacial score (nSPS) is 20.1. The number of fused-ring (bicyclic) bond motifs is 1. The summed E-state index contributed by atoms with van der Waals surface area (Å²) in [6, 6.07) is 17.0. The van der Waals surface area contributed by atoms with Gasteiger partial charge >= 0.3 is 0 Å². The van der Waals surface area contributed by atoms with Crippen LogP contribution in [0.15, 0.2) is 48.5 Å². The molecule has 1 aliphatic rings. The molecule has 2 aromatic rings. The van der Waals surface area contributed by atoms with Gasteiger partial charge in [-0.3, -0.25) is 0 Å². The third-order valence-corrected chi connectivity index (χ3v) is 4.16. The van der Waals surface area contributed by atoms with Crippen LogP contribution in [0.2, 0.25) is 5.02 Å². The lowest BCUT2D eigenvalue weighted by atomic mass is 9.85. The van der Waals surface area contributed by atoms with Crippen LogP contribution in [-0.2, 0) is 6.42 Å². The van der Waals surface area contributed by atoms with Gasteiger partial charge in [0, 0.05) is 10.7 Å². The number of nitrogens with one attached hydrogen (secondary N) is 1. The quantitative estimate of drug-likeness (QED) is 0.804. The average molecular weight is 272 g/mol. The zero-order valence-electron chi connectivity index (χ0n) is 11.3. The second-order valence-electron chi connectivity index (χ2n) is 5.95. The molecule has 1 aliphatic carbocycles. The van der Waals surface area contributed by atoms with Gasteiger partial charge in [0.25, 0.3) is 0 Å². The number of benzene rings is 2. The molecule has 0 heterocycles. The maximum atomic E-state index is 6.06. The summed E-state index contributed by atoms with van der Waals surface area (Å²) in [5.74, 6) is 0. The molecule has 2 aromatic carbocycles. The zero-order valence-corrected chi connectivity index (χ0v) is 12.0. The molecule has 0 radical (unpaired) electrons. The Balaban J connectivity index is 1.95. The van der Waals surface area contributed by atoms with Crippen molar-refractivity contribution in [3.63, 3.8) is 0 Å². The fraction of sp³-hybridized carbons (Fsp3) is 0.294. The Labute approximate surface area is 119 Å². The van der Waals surface area contributed by atoms with Gasteiger partial charge in [0.1, 0.15) is 0 Å². The molecule has 0 saturated carbocycles. The molecule has 1 nitrogen and oxygen atoms in total. The lowest BCUT2D eigenvalue weighted by Gasteiger charge is -2.29. The van der Waals surface area contributed by atoms with Crippen LogP contribution in [0.4, 0.5) is 5.69 Å². The predicted octanol–water partition coefficient (Wildman–Crippen LogP) is 5.08. The van der Waals surface area contributed by atoms with Crippen LogP contribution in [-0.4, -0.2) is 0 Å². The second kappa shape index (κ2) is 4.57. The van der Waals surface area contributed by atoms with E-state index in [1.807, 2.05) is 18.2 Å². The standard InChI is InChI=1S/C17H18ClN/c1-17(2)11-12-6-3-4-9-15(12)16(17)19-14-8-5-7-13(18)10-14/h3-10,16,19H,11H2,1-2H3. The van der Waals surface area contributed by atoms with Gasteiger partial charge in [-0.05, 0) is 41.2 Å². The highest BCUT2D eigenvalue weighted by Crippen LogP contribution is 2.46. The van der Waals surface area contributed by atoms with Crippen LogP contribution in [0.1, 0.15) is 31.0 Å². The van der Waals surface area contributed by atoms with Gasteiger partial charge in [0.05, 0.1) is 6.04 Å². The highest BCUT2D eigenvalue weighted by Gasteiger charge is 2.38. The molecule has 0 amide bonds. The monoisotopic (exact) mass is 271 g/mol. The number of hydrogen-bond acceptors (Lipinski definition) is 1. The fourth-order valence-corrected chi connectivity index (χ4v) is 3.20. The van der Waals surface area contributed by atoms with Crippen LogP contribution in [0.3, 0.4) is 0 Å². The SMILES string of the molecule is CC1(C)Cc2ccccc2C1Nc1cccc(Cl)c1. The van der Waals surface area contributed by atoms with Gasteiger partial charge in [0.2, 0.25) is 0 Å². The van der Waals surface area contributed by atoms with Crippen molar-refractivity contribution in [3.8, 4) is 0 Å². The first-order chi connectivity index (χ1) is 9.06. The summed E-state index contributed by atoms with van der Waals surface area (Å²) in [4.78, 5) is 0. The van der Waals surface area contributed by atoms with E-state index in [0.29, 0.717) is 6.04 Å². The smallest absolute Gasteiger partial charge is 0.0570 e. The third-order valence-electron chi connectivity index (χ3n) is 3.93. The van der Waals surface area contributed by atoms with Gasteiger partial charge in [-0.15, -0.1) is 0 Å². The Hall–Kier alpha value is -1.47. The molecule has 0 fully saturated rings. The van der Waals surface area contributed by atoms with Crippen LogP contribution in [0.25, 0.3) is 0 Å². The van der Waals surface area contributed by atoms with E-state index in [2.05, 4.69) is 49.5 Å². The molecule has 0 saturated heterocycles. The maximum absolute atomic E-state index is 6.06. The molecule has 1 N–H and O–H groups in total.